The second kappa shape index (κ2) is 5.61. The first-order chi connectivity index (χ1) is 8.24. The van der Waals surface area contributed by atoms with Gasteiger partial charge >= 0.3 is 0 Å². The van der Waals surface area contributed by atoms with Crippen LogP contribution in [-0.4, -0.2) is 11.0 Å². The summed E-state index contributed by atoms with van der Waals surface area (Å²) >= 11 is 1.79. The summed E-state index contributed by atoms with van der Waals surface area (Å²) in [5.74, 6) is 0. The third kappa shape index (κ3) is 2.85. The van der Waals surface area contributed by atoms with E-state index in [0.29, 0.717) is 12.1 Å². The van der Waals surface area contributed by atoms with Crippen LogP contribution in [0.1, 0.15) is 44.7 Å². The average molecular weight is 248 g/mol. The third-order valence-electron chi connectivity index (χ3n) is 3.15. The highest BCUT2D eigenvalue weighted by atomic mass is 32.1. The summed E-state index contributed by atoms with van der Waals surface area (Å²) in [6.07, 6.45) is 2.34. The predicted molar refractivity (Wildman–Crippen MR) is 75.5 cm³/mol. The second-order valence-electron chi connectivity index (χ2n) is 4.42. The van der Waals surface area contributed by atoms with Crippen molar-refractivity contribution in [3.8, 4) is 0 Å². The second-order valence-corrected chi connectivity index (χ2v) is 5.48. The van der Waals surface area contributed by atoms with Crippen LogP contribution in [0.4, 0.5) is 0 Å². The normalized spacial score (nSPS) is 13.4. The molecule has 1 unspecified atom stereocenters. The van der Waals surface area contributed by atoms with E-state index in [4.69, 9.17) is 4.98 Å². The zero-order valence-corrected chi connectivity index (χ0v) is 11.6. The van der Waals surface area contributed by atoms with E-state index in [0.717, 1.165) is 5.52 Å². The van der Waals surface area contributed by atoms with Gasteiger partial charge < -0.3 is 5.32 Å². The maximum absolute atomic E-state index is 4.69. The van der Waals surface area contributed by atoms with Crippen LogP contribution in [0.3, 0.4) is 0 Å². The van der Waals surface area contributed by atoms with E-state index in [1.54, 1.807) is 11.3 Å². The van der Waals surface area contributed by atoms with Crippen LogP contribution in [-0.2, 0) is 0 Å². The lowest BCUT2D eigenvalue weighted by Crippen LogP contribution is -2.30. The Kier molecular flexibility index (Phi) is 4.13. The topological polar surface area (TPSA) is 24.9 Å². The highest BCUT2D eigenvalue weighted by molar-refractivity contribution is 7.18. The van der Waals surface area contributed by atoms with Crippen molar-refractivity contribution in [3.63, 3.8) is 0 Å². The largest absolute Gasteiger partial charge is 0.305 e. The molecule has 0 amide bonds. The van der Waals surface area contributed by atoms with Gasteiger partial charge in [0.05, 0.1) is 16.3 Å². The molecule has 2 rings (SSSR count). The molecule has 1 aromatic carbocycles. The van der Waals surface area contributed by atoms with Crippen LogP contribution in [0.5, 0.6) is 0 Å². The van der Waals surface area contributed by atoms with Crippen molar-refractivity contribution in [1.29, 1.82) is 0 Å². The molecular weight excluding hydrogens is 228 g/mol. The van der Waals surface area contributed by atoms with Crippen molar-refractivity contribution < 1.29 is 0 Å². The number of fused-ring (bicyclic) bond motifs is 1. The Labute approximate surface area is 107 Å². The summed E-state index contributed by atoms with van der Waals surface area (Å²) in [7, 11) is 0. The lowest BCUT2D eigenvalue weighted by molar-refractivity contribution is 0.432. The summed E-state index contributed by atoms with van der Waals surface area (Å²) < 4.78 is 1.28. The minimum Gasteiger partial charge on any atom is -0.305 e. The van der Waals surface area contributed by atoms with E-state index in [1.165, 1.54) is 22.5 Å². The molecule has 92 valence electrons. The zero-order chi connectivity index (χ0) is 12.3. The van der Waals surface area contributed by atoms with Gasteiger partial charge in [-0.1, -0.05) is 26.0 Å². The van der Waals surface area contributed by atoms with Crippen LogP contribution in [0.25, 0.3) is 10.2 Å². The summed E-state index contributed by atoms with van der Waals surface area (Å²) in [5.41, 5.74) is 1.12. The number of aromatic nitrogens is 1. The highest BCUT2D eigenvalue weighted by Gasteiger charge is 2.14. The summed E-state index contributed by atoms with van der Waals surface area (Å²) in [4.78, 5) is 4.69. The van der Waals surface area contributed by atoms with Gasteiger partial charge in [0.1, 0.15) is 5.01 Å². The van der Waals surface area contributed by atoms with Crippen LogP contribution in [0.15, 0.2) is 24.3 Å². The van der Waals surface area contributed by atoms with Crippen molar-refractivity contribution in [2.45, 2.75) is 45.7 Å². The zero-order valence-electron chi connectivity index (χ0n) is 10.7. The molecule has 1 heterocycles. The van der Waals surface area contributed by atoms with Crippen LogP contribution < -0.4 is 5.32 Å². The molecular formula is C14H20N2S. The first kappa shape index (κ1) is 12.5. The van der Waals surface area contributed by atoms with Gasteiger partial charge in [0.25, 0.3) is 0 Å². The molecule has 0 aliphatic carbocycles. The number of hydrogen-bond donors (Lipinski definition) is 1. The maximum Gasteiger partial charge on any atom is 0.111 e. The minimum atomic E-state index is 0.345. The number of benzene rings is 1. The molecule has 0 bridgehead atoms. The van der Waals surface area contributed by atoms with E-state index in [9.17, 15) is 0 Å². The predicted octanol–water partition coefficient (Wildman–Crippen LogP) is 4.14. The quantitative estimate of drug-likeness (QED) is 0.860. The first-order valence-corrected chi connectivity index (χ1v) is 7.17. The molecule has 1 N–H and O–H groups in total. The molecule has 1 atom stereocenters. The van der Waals surface area contributed by atoms with Crippen molar-refractivity contribution in [3.05, 3.63) is 29.3 Å². The van der Waals surface area contributed by atoms with Crippen molar-refractivity contribution in [2.75, 3.05) is 0 Å². The Hall–Kier alpha value is -0.930. The third-order valence-corrected chi connectivity index (χ3v) is 4.37. The Balaban J connectivity index is 2.15. The molecule has 0 aliphatic heterocycles. The Morgan fingerprint density at radius 3 is 2.59 bits per heavy atom. The van der Waals surface area contributed by atoms with Crippen molar-refractivity contribution in [1.82, 2.24) is 10.3 Å². The summed E-state index contributed by atoms with van der Waals surface area (Å²) in [6, 6.07) is 9.28. The fraction of sp³-hybridized carbons (Fsp3) is 0.500. The van der Waals surface area contributed by atoms with Crippen LogP contribution in [0.2, 0.25) is 0 Å². The number of nitrogens with one attached hydrogen (secondary N) is 1. The lowest BCUT2D eigenvalue weighted by Gasteiger charge is -2.19. The van der Waals surface area contributed by atoms with Crippen molar-refractivity contribution in [2.24, 2.45) is 0 Å². The molecule has 0 saturated carbocycles. The van der Waals surface area contributed by atoms with E-state index in [-0.39, 0.29) is 0 Å². The smallest absolute Gasteiger partial charge is 0.111 e. The molecule has 0 aliphatic rings. The number of hydrogen-bond acceptors (Lipinski definition) is 3. The SMILES string of the molecule is CCC(CC)NC(C)c1nc2ccccc2s1. The van der Waals surface area contributed by atoms with Crippen LogP contribution >= 0.6 is 11.3 Å². The first-order valence-electron chi connectivity index (χ1n) is 6.36. The van der Waals surface area contributed by atoms with Crippen molar-refractivity contribution >= 4 is 21.6 Å². The number of para-hydroxylation sites is 1. The average Bonchev–Trinajstić information content (AvgIpc) is 2.79. The summed E-state index contributed by atoms with van der Waals surface area (Å²) in [5, 5.41) is 4.83. The molecule has 0 saturated heterocycles. The molecule has 1 aromatic heterocycles. The van der Waals surface area contributed by atoms with Gasteiger partial charge in [-0.2, -0.15) is 0 Å². The van der Waals surface area contributed by atoms with E-state index >= 15 is 0 Å². The maximum atomic E-state index is 4.69. The van der Waals surface area contributed by atoms with Gasteiger partial charge in [-0.25, -0.2) is 4.98 Å². The lowest BCUT2D eigenvalue weighted by atomic mass is 10.1. The van der Waals surface area contributed by atoms with Gasteiger partial charge in [-0.05, 0) is 31.9 Å². The fourth-order valence-corrected chi connectivity index (χ4v) is 3.00. The van der Waals surface area contributed by atoms with Crippen LogP contribution in [0, 0.1) is 0 Å². The molecule has 2 aromatic rings. The van der Waals surface area contributed by atoms with Gasteiger partial charge in [-0.15, -0.1) is 11.3 Å². The summed E-state index contributed by atoms with van der Waals surface area (Å²) in [6.45, 7) is 6.66. The number of nitrogens with zero attached hydrogens (tertiary/aromatic N) is 1. The number of rotatable bonds is 5. The molecule has 0 spiro atoms. The van der Waals surface area contributed by atoms with Gasteiger partial charge in [0.2, 0.25) is 0 Å². The molecule has 2 nitrogen and oxygen atoms in total. The molecule has 3 heteroatoms. The monoisotopic (exact) mass is 248 g/mol. The Morgan fingerprint density at radius 1 is 1.24 bits per heavy atom. The Bertz CT molecular complexity index is 441. The van der Waals surface area contributed by atoms with E-state index in [1.807, 2.05) is 6.07 Å². The standard InChI is InChI=1S/C14H20N2S/c1-4-11(5-2)15-10(3)14-16-12-8-6-7-9-13(12)17-14/h6-11,15H,4-5H2,1-3H3. The molecule has 0 fully saturated rings. The molecule has 0 radical (unpaired) electrons. The minimum absolute atomic E-state index is 0.345. The van der Waals surface area contributed by atoms with E-state index < -0.39 is 0 Å². The number of thiazole rings is 1. The highest BCUT2D eigenvalue weighted by Crippen LogP contribution is 2.26. The van der Waals surface area contributed by atoms with Gasteiger partial charge in [0.15, 0.2) is 0 Å². The van der Waals surface area contributed by atoms with Gasteiger partial charge in [0, 0.05) is 6.04 Å². The molecule has 17 heavy (non-hydrogen) atoms. The van der Waals surface area contributed by atoms with Gasteiger partial charge in [-0.3, -0.25) is 0 Å². The van der Waals surface area contributed by atoms with E-state index in [2.05, 4.69) is 44.3 Å². The Morgan fingerprint density at radius 2 is 1.94 bits per heavy atom. The fourth-order valence-electron chi connectivity index (χ4n) is 2.02.